The molecular formula is C23H31N3O4S. The number of amides is 2. The molecule has 2 rings (SSSR count). The van der Waals surface area contributed by atoms with Gasteiger partial charge < -0.3 is 10.6 Å². The number of hydrogen-bond acceptors (Lipinski definition) is 4. The largest absolute Gasteiger partial charge is 0.347 e. The average molecular weight is 446 g/mol. The van der Waals surface area contributed by atoms with Gasteiger partial charge in [-0.3, -0.25) is 13.9 Å². The highest BCUT2D eigenvalue weighted by molar-refractivity contribution is 7.92. The fraction of sp³-hybridized carbons (Fsp3) is 0.391. The molecule has 7 nitrogen and oxygen atoms in total. The highest BCUT2D eigenvalue weighted by atomic mass is 32.2. The van der Waals surface area contributed by atoms with Crippen molar-refractivity contribution in [1.29, 1.82) is 0 Å². The lowest BCUT2D eigenvalue weighted by molar-refractivity contribution is -0.114. The minimum absolute atomic E-state index is 0.0744. The third-order valence-corrected chi connectivity index (χ3v) is 5.58. The standard InChI is InChI=1S/C23H31N3O4S/c1-16(2)17-11-8-10-14-20(17)26(31(6,29)30)15-21(27)24-19-13-9-7-12-18(19)22(28)25-23(3,4)5/h7-14,16H,15H2,1-6H3,(H,24,27)(H,25,28). The zero-order valence-corrected chi connectivity index (χ0v) is 19.7. The molecule has 168 valence electrons. The molecule has 0 atom stereocenters. The molecular weight excluding hydrogens is 414 g/mol. The van der Waals surface area contributed by atoms with Crippen LogP contribution in [0.5, 0.6) is 0 Å². The van der Waals surface area contributed by atoms with E-state index in [9.17, 15) is 18.0 Å². The second kappa shape index (κ2) is 9.51. The Bertz CT molecular complexity index is 1060. The molecule has 2 N–H and O–H groups in total. The summed E-state index contributed by atoms with van der Waals surface area (Å²) in [5.41, 5.74) is 1.47. The zero-order chi connectivity index (χ0) is 23.4. The summed E-state index contributed by atoms with van der Waals surface area (Å²) < 4.78 is 26.1. The van der Waals surface area contributed by atoms with Crippen molar-refractivity contribution in [2.45, 2.75) is 46.1 Å². The van der Waals surface area contributed by atoms with Crippen LogP contribution >= 0.6 is 0 Å². The minimum atomic E-state index is -3.72. The summed E-state index contributed by atoms with van der Waals surface area (Å²) in [4.78, 5) is 25.5. The molecule has 0 saturated carbocycles. The van der Waals surface area contributed by atoms with Crippen LogP contribution in [0.3, 0.4) is 0 Å². The Morgan fingerprint density at radius 1 is 1.00 bits per heavy atom. The van der Waals surface area contributed by atoms with E-state index >= 15 is 0 Å². The highest BCUT2D eigenvalue weighted by Crippen LogP contribution is 2.29. The Morgan fingerprint density at radius 2 is 1.58 bits per heavy atom. The molecule has 0 spiro atoms. The maximum Gasteiger partial charge on any atom is 0.253 e. The predicted molar refractivity (Wildman–Crippen MR) is 125 cm³/mol. The number of hydrogen-bond donors (Lipinski definition) is 2. The quantitative estimate of drug-likeness (QED) is 0.679. The zero-order valence-electron chi connectivity index (χ0n) is 18.9. The monoisotopic (exact) mass is 445 g/mol. The third-order valence-electron chi connectivity index (χ3n) is 4.45. The first-order valence-electron chi connectivity index (χ1n) is 10.1. The summed E-state index contributed by atoms with van der Waals surface area (Å²) in [6.45, 7) is 9.11. The van der Waals surface area contributed by atoms with Gasteiger partial charge in [-0.15, -0.1) is 0 Å². The molecule has 2 amide bonds. The summed E-state index contributed by atoms with van der Waals surface area (Å²) in [5, 5.41) is 5.56. The van der Waals surface area contributed by atoms with Crippen molar-refractivity contribution in [3.8, 4) is 0 Å². The van der Waals surface area contributed by atoms with Crippen molar-refractivity contribution in [2.75, 3.05) is 22.4 Å². The summed E-state index contributed by atoms with van der Waals surface area (Å²) in [6, 6.07) is 13.7. The molecule has 31 heavy (non-hydrogen) atoms. The van der Waals surface area contributed by atoms with Crippen LogP contribution in [-0.4, -0.2) is 38.6 Å². The first kappa shape index (κ1) is 24.4. The van der Waals surface area contributed by atoms with Crippen molar-refractivity contribution in [3.05, 3.63) is 59.7 Å². The van der Waals surface area contributed by atoms with Crippen molar-refractivity contribution in [1.82, 2.24) is 5.32 Å². The number of carbonyl (C=O) groups is 2. The second-order valence-corrected chi connectivity index (χ2v) is 10.7. The van der Waals surface area contributed by atoms with Gasteiger partial charge in [0.05, 0.1) is 23.2 Å². The Labute approximate surface area is 184 Å². The summed E-state index contributed by atoms with van der Waals surface area (Å²) in [6.07, 6.45) is 1.07. The average Bonchev–Trinajstić information content (AvgIpc) is 2.64. The smallest absolute Gasteiger partial charge is 0.253 e. The molecule has 0 unspecified atom stereocenters. The fourth-order valence-corrected chi connectivity index (χ4v) is 3.98. The molecule has 0 aromatic heterocycles. The van der Waals surface area contributed by atoms with Gasteiger partial charge in [-0.25, -0.2) is 8.42 Å². The van der Waals surface area contributed by atoms with Crippen LogP contribution in [0.4, 0.5) is 11.4 Å². The van der Waals surface area contributed by atoms with Crippen molar-refractivity contribution < 1.29 is 18.0 Å². The number of nitrogens with zero attached hydrogens (tertiary/aromatic N) is 1. The molecule has 0 radical (unpaired) electrons. The van der Waals surface area contributed by atoms with Crippen molar-refractivity contribution in [3.63, 3.8) is 0 Å². The van der Waals surface area contributed by atoms with E-state index in [1.54, 1.807) is 36.4 Å². The van der Waals surface area contributed by atoms with Crippen LogP contribution in [0.2, 0.25) is 0 Å². The molecule has 8 heteroatoms. The van der Waals surface area contributed by atoms with Crippen LogP contribution < -0.4 is 14.9 Å². The Hall–Kier alpha value is -2.87. The molecule has 0 aliphatic heterocycles. The van der Waals surface area contributed by atoms with E-state index in [0.717, 1.165) is 16.1 Å². The molecule has 0 aliphatic rings. The molecule has 0 aliphatic carbocycles. The van der Waals surface area contributed by atoms with Crippen molar-refractivity contribution >= 4 is 33.2 Å². The molecule has 0 fully saturated rings. The van der Waals surface area contributed by atoms with E-state index in [1.807, 2.05) is 46.8 Å². The lowest BCUT2D eigenvalue weighted by atomic mass is 10.0. The summed E-state index contributed by atoms with van der Waals surface area (Å²) >= 11 is 0. The van der Waals surface area contributed by atoms with E-state index in [1.165, 1.54) is 0 Å². The Kier molecular flexibility index (Phi) is 7.49. The lowest BCUT2D eigenvalue weighted by Gasteiger charge is -2.26. The first-order chi connectivity index (χ1) is 14.3. The summed E-state index contributed by atoms with van der Waals surface area (Å²) in [7, 11) is -3.72. The lowest BCUT2D eigenvalue weighted by Crippen LogP contribution is -2.41. The first-order valence-corrected chi connectivity index (χ1v) is 11.9. The van der Waals surface area contributed by atoms with Gasteiger partial charge in [0.15, 0.2) is 0 Å². The van der Waals surface area contributed by atoms with E-state index in [4.69, 9.17) is 0 Å². The number of benzene rings is 2. The van der Waals surface area contributed by atoms with E-state index < -0.39 is 28.0 Å². The normalized spacial score (nSPS) is 11.8. The minimum Gasteiger partial charge on any atom is -0.347 e. The van der Waals surface area contributed by atoms with Gasteiger partial charge in [-0.05, 0) is 50.5 Å². The topological polar surface area (TPSA) is 95.6 Å². The van der Waals surface area contributed by atoms with Gasteiger partial charge >= 0.3 is 0 Å². The Balaban J connectivity index is 2.31. The Morgan fingerprint density at radius 3 is 2.16 bits per heavy atom. The van der Waals surface area contributed by atoms with Gasteiger partial charge in [-0.2, -0.15) is 0 Å². The van der Waals surface area contributed by atoms with Crippen molar-refractivity contribution in [2.24, 2.45) is 0 Å². The van der Waals surface area contributed by atoms with Crippen LogP contribution in [-0.2, 0) is 14.8 Å². The second-order valence-electron chi connectivity index (χ2n) is 8.78. The SMILES string of the molecule is CC(C)c1ccccc1N(CC(=O)Nc1ccccc1C(=O)NC(C)(C)C)S(C)(=O)=O. The molecule has 0 bridgehead atoms. The van der Waals surface area contributed by atoms with E-state index in [2.05, 4.69) is 10.6 Å². The van der Waals surface area contributed by atoms with Crippen LogP contribution in [0, 0.1) is 0 Å². The fourth-order valence-electron chi connectivity index (χ4n) is 3.10. The van der Waals surface area contributed by atoms with Crippen LogP contribution in [0.25, 0.3) is 0 Å². The molecule has 2 aromatic rings. The van der Waals surface area contributed by atoms with Gasteiger partial charge in [0.1, 0.15) is 6.54 Å². The van der Waals surface area contributed by atoms with Gasteiger partial charge in [-0.1, -0.05) is 44.2 Å². The maximum absolute atomic E-state index is 12.8. The number of carbonyl (C=O) groups excluding carboxylic acids is 2. The summed E-state index contributed by atoms with van der Waals surface area (Å²) in [5.74, 6) is -0.793. The van der Waals surface area contributed by atoms with Gasteiger partial charge in [0, 0.05) is 5.54 Å². The maximum atomic E-state index is 12.8. The molecule has 0 saturated heterocycles. The third kappa shape index (κ3) is 6.82. The van der Waals surface area contributed by atoms with Crippen LogP contribution in [0.15, 0.2) is 48.5 Å². The van der Waals surface area contributed by atoms with E-state index in [-0.39, 0.29) is 11.8 Å². The molecule has 2 aromatic carbocycles. The van der Waals surface area contributed by atoms with Crippen LogP contribution in [0.1, 0.15) is 56.5 Å². The predicted octanol–water partition coefficient (Wildman–Crippen LogP) is 3.74. The highest BCUT2D eigenvalue weighted by Gasteiger charge is 2.25. The van der Waals surface area contributed by atoms with Gasteiger partial charge in [0.25, 0.3) is 5.91 Å². The molecule has 0 heterocycles. The van der Waals surface area contributed by atoms with E-state index in [0.29, 0.717) is 16.9 Å². The van der Waals surface area contributed by atoms with Gasteiger partial charge in [0.2, 0.25) is 15.9 Å². The number of nitrogens with one attached hydrogen (secondary N) is 2. The number of para-hydroxylation sites is 2. The number of rotatable bonds is 7. The number of sulfonamides is 1. The number of anilines is 2.